The standard InChI is InChI=1S/C16H20/c1-12-6-7-13-4-2-3-5-14(13)10-11-16(12)15-8-9-15/h2-5,15H,6-11H2,1H3. The van der Waals surface area contributed by atoms with Crippen LogP contribution in [0, 0.1) is 5.92 Å². The summed E-state index contributed by atoms with van der Waals surface area (Å²) in [4.78, 5) is 0. The fourth-order valence-electron chi connectivity index (χ4n) is 3.00. The molecule has 1 fully saturated rings. The molecule has 1 saturated carbocycles. The normalized spacial score (nSPS) is 21.3. The van der Waals surface area contributed by atoms with Crippen molar-refractivity contribution in [1.82, 2.24) is 0 Å². The fourth-order valence-corrected chi connectivity index (χ4v) is 3.00. The van der Waals surface area contributed by atoms with E-state index in [-0.39, 0.29) is 0 Å². The van der Waals surface area contributed by atoms with Crippen LogP contribution in [0.3, 0.4) is 0 Å². The SMILES string of the molecule is CC1=C(C2CC2)CCc2ccccc2CC1. The zero-order chi connectivity index (χ0) is 11.0. The summed E-state index contributed by atoms with van der Waals surface area (Å²) in [5.41, 5.74) is 6.66. The largest absolute Gasteiger partial charge is 0.0735 e. The lowest BCUT2D eigenvalue weighted by molar-refractivity contribution is 0.764. The Labute approximate surface area is 98.4 Å². The van der Waals surface area contributed by atoms with Crippen LogP contribution in [0.4, 0.5) is 0 Å². The first-order valence-electron chi connectivity index (χ1n) is 6.60. The summed E-state index contributed by atoms with van der Waals surface area (Å²) in [6.45, 7) is 2.36. The van der Waals surface area contributed by atoms with Crippen molar-refractivity contribution in [2.75, 3.05) is 0 Å². The summed E-state index contributed by atoms with van der Waals surface area (Å²) in [6, 6.07) is 9.00. The molecule has 1 aromatic rings. The molecule has 0 unspecified atom stereocenters. The minimum atomic E-state index is 0.963. The second-order valence-electron chi connectivity index (χ2n) is 5.35. The van der Waals surface area contributed by atoms with Gasteiger partial charge in [-0.05, 0) is 62.5 Å². The van der Waals surface area contributed by atoms with Crippen LogP contribution >= 0.6 is 0 Å². The van der Waals surface area contributed by atoms with Crippen molar-refractivity contribution < 1.29 is 0 Å². The Balaban J connectivity index is 1.87. The lowest BCUT2D eigenvalue weighted by Gasteiger charge is -2.18. The molecule has 2 aliphatic rings. The Kier molecular flexibility index (Phi) is 2.59. The predicted molar refractivity (Wildman–Crippen MR) is 68.5 cm³/mol. The molecular weight excluding hydrogens is 192 g/mol. The van der Waals surface area contributed by atoms with E-state index < -0.39 is 0 Å². The highest BCUT2D eigenvalue weighted by atomic mass is 14.3. The summed E-state index contributed by atoms with van der Waals surface area (Å²) >= 11 is 0. The third kappa shape index (κ3) is 1.93. The van der Waals surface area contributed by atoms with Crippen molar-refractivity contribution in [2.24, 2.45) is 5.92 Å². The van der Waals surface area contributed by atoms with E-state index in [0.29, 0.717) is 0 Å². The molecule has 0 N–H and O–H groups in total. The molecule has 0 saturated heterocycles. The quantitative estimate of drug-likeness (QED) is 0.609. The summed E-state index contributed by atoms with van der Waals surface area (Å²) in [5, 5.41) is 0. The second-order valence-corrected chi connectivity index (χ2v) is 5.35. The van der Waals surface area contributed by atoms with Crippen LogP contribution in [0.15, 0.2) is 35.4 Å². The van der Waals surface area contributed by atoms with Crippen LogP contribution in [0.25, 0.3) is 0 Å². The van der Waals surface area contributed by atoms with Crippen LogP contribution in [0.1, 0.15) is 43.7 Å². The fraction of sp³-hybridized carbons (Fsp3) is 0.500. The van der Waals surface area contributed by atoms with E-state index in [1.165, 1.54) is 38.5 Å². The zero-order valence-corrected chi connectivity index (χ0v) is 10.1. The Bertz CT molecular complexity index is 421. The molecule has 0 bridgehead atoms. The molecule has 0 spiro atoms. The third-order valence-corrected chi connectivity index (χ3v) is 4.17. The minimum Gasteiger partial charge on any atom is -0.0735 e. The van der Waals surface area contributed by atoms with Gasteiger partial charge >= 0.3 is 0 Å². The highest BCUT2D eigenvalue weighted by Gasteiger charge is 2.27. The van der Waals surface area contributed by atoms with Crippen LogP contribution in [0.5, 0.6) is 0 Å². The van der Waals surface area contributed by atoms with Gasteiger partial charge in [-0.2, -0.15) is 0 Å². The van der Waals surface area contributed by atoms with E-state index >= 15 is 0 Å². The van der Waals surface area contributed by atoms with Gasteiger partial charge in [-0.3, -0.25) is 0 Å². The van der Waals surface area contributed by atoms with Gasteiger partial charge < -0.3 is 0 Å². The maximum atomic E-state index is 2.36. The molecule has 0 heteroatoms. The molecule has 3 rings (SSSR count). The number of rotatable bonds is 1. The van der Waals surface area contributed by atoms with E-state index in [2.05, 4.69) is 31.2 Å². The number of allylic oxidation sites excluding steroid dienone is 2. The van der Waals surface area contributed by atoms with Gasteiger partial charge in [-0.1, -0.05) is 35.4 Å². The minimum absolute atomic E-state index is 0.963. The first kappa shape index (κ1) is 10.1. The Morgan fingerprint density at radius 3 is 2.12 bits per heavy atom. The molecule has 0 amide bonds. The van der Waals surface area contributed by atoms with Crippen LogP contribution in [-0.2, 0) is 12.8 Å². The Morgan fingerprint density at radius 1 is 0.875 bits per heavy atom. The molecule has 0 heterocycles. The zero-order valence-electron chi connectivity index (χ0n) is 10.1. The Hall–Kier alpha value is -1.04. The first-order valence-corrected chi connectivity index (χ1v) is 6.60. The molecule has 16 heavy (non-hydrogen) atoms. The van der Waals surface area contributed by atoms with Crippen LogP contribution in [-0.4, -0.2) is 0 Å². The van der Waals surface area contributed by atoms with Gasteiger partial charge in [-0.25, -0.2) is 0 Å². The second kappa shape index (κ2) is 4.08. The van der Waals surface area contributed by atoms with Crippen molar-refractivity contribution in [3.05, 3.63) is 46.5 Å². The maximum absolute atomic E-state index is 2.36. The molecule has 0 atom stereocenters. The summed E-state index contributed by atoms with van der Waals surface area (Å²) in [6.07, 6.45) is 8.01. The lowest BCUT2D eigenvalue weighted by Crippen LogP contribution is -2.03. The van der Waals surface area contributed by atoms with Crippen molar-refractivity contribution >= 4 is 0 Å². The van der Waals surface area contributed by atoms with Crippen molar-refractivity contribution in [3.63, 3.8) is 0 Å². The molecular formula is C16H20. The van der Waals surface area contributed by atoms with E-state index in [9.17, 15) is 0 Å². The van der Waals surface area contributed by atoms with Crippen LogP contribution < -0.4 is 0 Å². The van der Waals surface area contributed by atoms with Gasteiger partial charge in [-0.15, -0.1) is 0 Å². The van der Waals surface area contributed by atoms with Crippen molar-refractivity contribution in [1.29, 1.82) is 0 Å². The van der Waals surface area contributed by atoms with E-state index in [1.54, 1.807) is 22.3 Å². The highest BCUT2D eigenvalue weighted by molar-refractivity contribution is 5.32. The van der Waals surface area contributed by atoms with E-state index in [4.69, 9.17) is 0 Å². The molecule has 84 valence electrons. The first-order chi connectivity index (χ1) is 7.84. The third-order valence-electron chi connectivity index (χ3n) is 4.17. The molecule has 1 aromatic carbocycles. The maximum Gasteiger partial charge on any atom is -0.0200 e. The van der Waals surface area contributed by atoms with Gasteiger partial charge in [0.05, 0.1) is 0 Å². The predicted octanol–water partition coefficient (Wildman–Crippen LogP) is 4.29. The van der Waals surface area contributed by atoms with Gasteiger partial charge in [0.15, 0.2) is 0 Å². The Morgan fingerprint density at radius 2 is 1.50 bits per heavy atom. The summed E-state index contributed by atoms with van der Waals surface area (Å²) in [5.74, 6) is 0.963. The molecule has 0 nitrogen and oxygen atoms in total. The lowest BCUT2D eigenvalue weighted by atomic mass is 9.88. The van der Waals surface area contributed by atoms with E-state index in [1.807, 2.05) is 0 Å². The van der Waals surface area contributed by atoms with Crippen LogP contribution in [0.2, 0.25) is 0 Å². The van der Waals surface area contributed by atoms with Gasteiger partial charge in [0, 0.05) is 0 Å². The molecule has 0 aliphatic heterocycles. The van der Waals surface area contributed by atoms with Crippen molar-refractivity contribution in [3.8, 4) is 0 Å². The van der Waals surface area contributed by atoms with Gasteiger partial charge in [0.25, 0.3) is 0 Å². The molecule has 0 aromatic heterocycles. The topological polar surface area (TPSA) is 0 Å². The smallest absolute Gasteiger partial charge is 0.0200 e. The molecule has 2 aliphatic carbocycles. The van der Waals surface area contributed by atoms with Crippen molar-refractivity contribution in [2.45, 2.75) is 45.4 Å². The number of fused-ring (bicyclic) bond motifs is 1. The number of aryl methyl sites for hydroxylation is 2. The summed E-state index contributed by atoms with van der Waals surface area (Å²) < 4.78 is 0. The van der Waals surface area contributed by atoms with Gasteiger partial charge in [0.2, 0.25) is 0 Å². The number of hydrogen-bond acceptors (Lipinski definition) is 0. The van der Waals surface area contributed by atoms with E-state index in [0.717, 1.165) is 5.92 Å². The monoisotopic (exact) mass is 212 g/mol. The number of benzene rings is 1. The average Bonchev–Trinajstić information content (AvgIpc) is 3.09. The highest BCUT2D eigenvalue weighted by Crippen LogP contribution is 2.41. The summed E-state index contributed by atoms with van der Waals surface area (Å²) in [7, 11) is 0. The molecule has 0 radical (unpaired) electrons. The number of hydrogen-bond donors (Lipinski definition) is 0. The average molecular weight is 212 g/mol. The van der Waals surface area contributed by atoms with Gasteiger partial charge in [0.1, 0.15) is 0 Å².